The molecule has 1 heterocycles. The van der Waals surface area contributed by atoms with Crippen molar-refractivity contribution < 1.29 is 14.3 Å². The highest BCUT2D eigenvalue weighted by atomic mass is 16.5. The van der Waals surface area contributed by atoms with Gasteiger partial charge in [-0.3, -0.25) is 4.79 Å². The number of hydrogen-bond donors (Lipinski definition) is 1. The predicted molar refractivity (Wildman–Crippen MR) is 73.3 cm³/mol. The Morgan fingerprint density at radius 3 is 3.11 bits per heavy atom. The number of carbonyl (C=O) groups is 1. The molecule has 0 saturated carbocycles. The zero-order valence-electron chi connectivity index (χ0n) is 11.5. The third-order valence-electron chi connectivity index (χ3n) is 3.27. The van der Waals surface area contributed by atoms with Gasteiger partial charge in [0.15, 0.2) is 6.61 Å². The third-order valence-corrected chi connectivity index (χ3v) is 3.27. The molecular formula is C15H21NO3. The lowest BCUT2D eigenvalue weighted by molar-refractivity contribution is -0.124. The van der Waals surface area contributed by atoms with E-state index in [0.29, 0.717) is 0 Å². The fraction of sp³-hybridized carbons (Fsp3) is 0.533. The molecule has 0 spiro atoms. The van der Waals surface area contributed by atoms with Gasteiger partial charge in [0.2, 0.25) is 0 Å². The Kier molecular flexibility index (Phi) is 4.80. The van der Waals surface area contributed by atoms with E-state index in [1.165, 1.54) is 0 Å². The fourth-order valence-electron chi connectivity index (χ4n) is 2.24. The molecule has 0 radical (unpaired) electrons. The minimum absolute atomic E-state index is 0.0381. The Morgan fingerprint density at radius 1 is 1.58 bits per heavy atom. The summed E-state index contributed by atoms with van der Waals surface area (Å²) in [5, 5.41) is 2.92. The summed E-state index contributed by atoms with van der Waals surface area (Å²) in [5.41, 5.74) is 1.12. The number of nitrogens with one attached hydrogen (secondary N) is 1. The van der Waals surface area contributed by atoms with Crippen LogP contribution in [0.5, 0.6) is 5.75 Å². The number of rotatable bonds is 5. The van der Waals surface area contributed by atoms with Crippen molar-refractivity contribution in [3.63, 3.8) is 0 Å². The number of aryl methyl sites for hydroxylation is 1. The largest absolute Gasteiger partial charge is 0.484 e. The minimum Gasteiger partial charge on any atom is -0.484 e. The standard InChI is InChI=1S/C15H21NO3/c1-11-5-3-6-13(9-11)19-10-15(17)16-12(2)14-7-4-8-18-14/h3,5-6,9,12,14H,4,7-8,10H2,1-2H3,(H,16,17)/t12-,14-/m1/s1. The summed E-state index contributed by atoms with van der Waals surface area (Å²) in [5.74, 6) is 0.615. The number of hydrogen-bond acceptors (Lipinski definition) is 3. The van der Waals surface area contributed by atoms with E-state index >= 15 is 0 Å². The molecule has 4 heteroatoms. The summed E-state index contributed by atoms with van der Waals surface area (Å²) in [6.45, 7) is 4.80. The topological polar surface area (TPSA) is 47.6 Å². The molecule has 0 bridgehead atoms. The first-order valence-electron chi connectivity index (χ1n) is 6.75. The zero-order chi connectivity index (χ0) is 13.7. The number of ether oxygens (including phenoxy) is 2. The summed E-state index contributed by atoms with van der Waals surface area (Å²) in [4.78, 5) is 11.8. The Hall–Kier alpha value is -1.55. The maximum absolute atomic E-state index is 11.8. The summed E-state index contributed by atoms with van der Waals surface area (Å²) in [7, 11) is 0. The van der Waals surface area contributed by atoms with Crippen molar-refractivity contribution >= 4 is 5.91 Å². The first kappa shape index (κ1) is 13.9. The maximum Gasteiger partial charge on any atom is 0.258 e. The molecule has 2 atom stereocenters. The molecule has 1 aromatic carbocycles. The van der Waals surface area contributed by atoms with Gasteiger partial charge in [0.05, 0.1) is 12.1 Å². The van der Waals surface area contributed by atoms with E-state index in [4.69, 9.17) is 9.47 Å². The van der Waals surface area contributed by atoms with E-state index < -0.39 is 0 Å². The second-order valence-corrected chi connectivity index (χ2v) is 5.01. The van der Waals surface area contributed by atoms with Crippen LogP contribution in [0.3, 0.4) is 0 Å². The van der Waals surface area contributed by atoms with Crippen molar-refractivity contribution in [1.82, 2.24) is 5.32 Å². The van der Waals surface area contributed by atoms with Gasteiger partial charge in [0, 0.05) is 6.61 Å². The molecule has 1 aromatic rings. The van der Waals surface area contributed by atoms with Crippen LogP contribution in [0.1, 0.15) is 25.3 Å². The second-order valence-electron chi connectivity index (χ2n) is 5.01. The molecule has 0 unspecified atom stereocenters. The van der Waals surface area contributed by atoms with Crippen molar-refractivity contribution in [1.29, 1.82) is 0 Å². The van der Waals surface area contributed by atoms with Gasteiger partial charge in [0.25, 0.3) is 5.91 Å². The van der Waals surface area contributed by atoms with Crippen LogP contribution in [0.15, 0.2) is 24.3 Å². The molecule has 1 N–H and O–H groups in total. The number of carbonyl (C=O) groups excluding carboxylic acids is 1. The lowest BCUT2D eigenvalue weighted by Crippen LogP contribution is -2.42. The molecule has 1 fully saturated rings. The van der Waals surface area contributed by atoms with Crippen molar-refractivity contribution in [2.24, 2.45) is 0 Å². The normalized spacial score (nSPS) is 20.0. The Balaban J connectivity index is 1.75. The highest BCUT2D eigenvalue weighted by Crippen LogP contribution is 2.15. The van der Waals surface area contributed by atoms with E-state index in [1.807, 2.05) is 38.1 Å². The first-order valence-corrected chi connectivity index (χ1v) is 6.75. The maximum atomic E-state index is 11.8. The summed E-state index contributed by atoms with van der Waals surface area (Å²) < 4.78 is 11.0. The van der Waals surface area contributed by atoms with E-state index in [2.05, 4.69) is 5.32 Å². The monoisotopic (exact) mass is 263 g/mol. The average Bonchev–Trinajstić information content (AvgIpc) is 2.90. The van der Waals surface area contributed by atoms with Gasteiger partial charge in [-0.25, -0.2) is 0 Å². The van der Waals surface area contributed by atoms with Gasteiger partial charge in [-0.2, -0.15) is 0 Å². The van der Waals surface area contributed by atoms with Gasteiger partial charge in [0.1, 0.15) is 5.75 Å². The van der Waals surface area contributed by atoms with Crippen LogP contribution < -0.4 is 10.1 Å². The highest BCUT2D eigenvalue weighted by molar-refractivity contribution is 5.77. The van der Waals surface area contributed by atoms with Crippen LogP contribution in [-0.2, 0) is 9.53 Å². The smallest absolute Gasteiger partial charge is 0.258 e. The van der Waals surface area contributed by atoms with Crippen LogP contribution >= 0.6 is 0 Å². The van der Waals surface area contributed by atoms with Gasteiger partial charge in [-0.15, -0.1) is 0 Å². The molecule has 1 aliphatic heterocycles. The van der Waals surface area contributed by atoms with Crippen molar-refractivity contribution in [3.8, 4) is 5.75 Å². The minimum atomic E-state index is -0.107. The molecule has 1 amide bonds. The van der Waals surface area contributed by atoms with E-state index in [0.717, 1.165) is 30.8 Å². The SMILES string of the molecule is Cc1cccc(OCC(=O)N[C@H](C)[C@H]2CCCO2)c1. The quantitative estimate of drug-likeness (QED) is 0.884. The lowest BCUT2D eigenvalue weighted by atomic mass is 10.1. The number of amides is 1. The molecule has 0 aromatic heterocycles. The van der Waals surface area contributed by atoms with Crippen LogP contribution in [0.2, 0.25) is 0 Å². The molecule has 2 rings (SSSR count). The molecule has 0 aliphatic carbocycles. The Bertz CT molecular complexity index is 427. The summed E-state index contributed by atoms with van der Waals surface area (Å²) >= 11 is 0. The van der Waals surface area contributed by atoms with Gasteiger partial charge < -0.3 is 14.8 Å². The Morgan fingerprint density at radius 2 is 2.42 bits per heavy atom. The summed E-state index contributed by atoms with van der Waals surface area (Å²) in [6.07, 6.45) is 2.23. The van der Waals surface area contributed by atoms with Crippen molar-refractivity contribution in [2.45, 2.75) is 38.8 Å². The van der Waals surface area contributed by atoms with Crippen LogP contribution in [-0.4, -0.2) is 31.3 Å². The van der Waals surface area contributed by atoms with Gasteiger partial charge in [-0.1, -0.05) is 12.1 Å². The third kappa shape index (κ3) is 4.24. The second kappa shape index (κ2) is 6.57. The van der Waals surface area contributed by atoms with Gasteiger partial charge >= 0.3 is 0 Å². The predicted octanol–water partition coefficient (Wildman–Crippen LogP) is 2.06. The fourth-order valence-corrected chi connectivity index (χ4v) is 2.24. The van der Waals surface area contributed by atoms with Crippen LogP contribution in [0.4, 0.5) is 0 Å². The zero-order valence-corrected chi connectivity index (χ0v) is 11.5. The van der Waals surface area contributed by atoms with E-state index in [-0.39, 0.29) is 24.7 Å². The first-order chi connectivity index (χ1) is 9.15. The van der Waals surface area contributed by atoms with E-state index in [9.17, 15) is 4.79 Å². The lowest BCUT2D eigenvalue weighted by Gasteiger charge is -2.20. The van der Waals surface area contributed by atoms with Crippen molar-refractivity contribution in [2.75, 3.05) is 13.2 Å². The van der Waals surface area contributed by atoms with Crippen molar-refractivity contribution in [3.05, 3.63) is 29.8 Å². The molecule has 4 nitrogen and oxygen atoms in total. The highest BCUT2D eigenvalue weighted by Gasteiger charge is 2.23. The summed E-state index contributed by atoms with van der Waals surface area (Å²) in [6, 6.07) is 7.71. The molecule has 104 valence electrons. The van der Waals surface area contributed by atoms with Crippen LogP contribution in [0.25, 0.3) is 0 Å². The molecule has 1 saturated heterocycles. The molecule has 19 heavy (non-hydrogen) atoms. The molecular weight excluding hydrogens is 242 g/mol. The Labute approximate surface area is 114 Å². The average molecular weight is 263 g/mol. The molecule has 1 aliphatic rings. The number of benzene rings is 1. The van der Waals surface area contributed by atoms with Gasteiger partial charge in [-0.05, 0) is 44.4 Å². The van der Waals surface area contributed by atoms with E-state index in [1.54, 1.807) is 0 Å². The van der Waals surface area contributed by atoms with Crippen LogP contribution in [0, 0.1) is 6.92 Å².